The number of carbonyl (C=O) groups is 2. The maximum absolute atomic E-state index is 11.7. The molecule has 0 unspecified atom stereocenters. The number of esters is 1. The van der Waals surface area contributed by atoms with Crippen molar-refractivity contribution in [3.63, 3.8) is 0 Å². The van der Waals surface area contributed by atoms with E-state index in [1.165, 1.54) is 12.1 Å². The van der Waals surface area contributed by atoms with Gasteiger partial charge in [-0.2, -0.15) is 0 Å². The molecule has 8 heteroatoms. The summed E-state index contributed by atoms with van der Waals surface area (Å²) in [6.07, 6.45) is 0. The van der Waals surface area contributed by atoms with Gasteiger partial charge in [0, 0.05) is 12.1 Å². The van der Waals surface area contributed by atoms with Crippen LogP contribution in [-0.4, -0.2) is 34.9 Å². The van der Waals surface area contributed by atoms with E-state index in [1.807, 2.05) is 0 Å². The first-order valence-corrected chi connectivity index (χ1v) is 7.37. The van der Waals surface area contributed by atoms with Crippen LogP contribution in [0.25, 0.3) is 0 Å². The van der Waals surface area contributed by atoms with Gasteiger partial charge in [0.2, 0.25) is 5.91 Å². The number of nitro benzene ring substituents is 1. The van der Waals surface area contributed by atoms with Crippen LogP contribution in [-0.2, 0) is 14.3 Å². The number of amides is 1. The van der Waals surface area contributed by atoms with E-state index in [0.717, 1.165) is 17.3 Å². The van der Waals surface area contributed by atoms with Crippen LogP contribution in [0.1, 0.15) is 12.5 Å². The molecule has 0 fully saturated rings. The molecule has 1 amide bonds. The van der Waals surface area contributed by atoms with E-state index in [9.17, 15) is 19.7 Å². The highest BCUT2D eigenvalue weighted by atomic mass is 32.2. The largest absolute Gasteiger partial charge is 0.465 e. The van der Waals surface area contributed by atoms with Gasteiger partial charge in [-0.05, 0) is 19.4 Å². The van der Waals surface area contributed by atoms with Crippen LogP contribution in [0.4, 0.5) is 11.4 Å². The van der Waals surface area contributed by atoms with E-state index in [-0.39, 0.29) is 29.1 Å². The number of non-ortho nitro benzene ring substituents is 1. The number of nitro groups is 1. The summed E-state index contributed by atoms with van der Waals surface area (Å²) in [7, 11) is 0. The van der Waals surface area contributed by atoms with E-state index < -0.39 is 4.92 Å². The second-order valence-corrected chi connectivity index (χ2v) is 5.09. The monoisotopic (exact) mass is 312 g/mol. The lowest BCUT2D eigenvalue weighted by Gasteiger charge is -2.08. The summed E-state index contributed by atoms with van der Waals surface area (Å²) in [5, 5.41) is 13.3. The standard InChI is InChI=1S/C13H16N2O5S/c1-3-20-13(17)8-21-7-12(16)14-11-6-10(15(18)19)5-4-9(11)2/h4-6H,3,7-8H2,1-2H3,(H,14,16). The van der Waals surface area contributed by atoms with Gasteiger partial charge in [-0.25, -0.2) is 0 Å². The van der Waals surface area contributed by atoms with Gasteiger partial charge in [0.25, 0.3) is 5.69 Å². The molecule has 0 bridgehead atoms. The lowest BCUT2D eigenvalue weighted by Crippen LogP contribution is -2.17. The number of hydrogen-bond donors (Lipinski definition) is 1. The van der Waals surface area contributed by atoms with Crippen LogP contribution in [0, 0.1) is 17.0 Å². The minimum Gasteiger partial charge on any atom is -0.465 e. The average molecular weight is 312 g/mol. The first kappa shape index (κ1) is 17.0. The Morgan fingerprint density at radius 2 is 2.10 bits per heavy atom. The molecule has 0 spiro atoms. The number of rotatable bonds is 7. The molecule has 0 saturated heterocycles. The average Bonchev–Trinajstić information content (AvgIpc) is 2.41. The third kappa shape index (κ3) is 5.82. The molecule has 21 heavy (non-hydrogen) atoms. The lowest BCUT2D eigenvalue weighted by molar-refractivity contribution is -0.384. The van der Waals surface area contributed by atoms with Crippen molar-refractivity contribution in [1.82, 2.24) is 0 Å². The Kier molecular flexibility index (Phi) is 6.67. The number of aryl methyl sites for hydroxylation is 1. The van der Waals surface area contributed by atoms with Gasteiger partial charge in [-0.3, -0.25) is 19.7 Å². The maximum Gasteiger partial charge on any atom is 0.315 e. The molecule has 0 aliphatic heterocycles. The van der Waals surface area contributed by atoms with Crippen LogP contribution >= 0.6 is 11.8 Å². The molecule has 0 aromatic heterocycles. The normalized spacial score (nSPS) is 10.0. The van der Waals surface area contributed by atoms with Gasteiger partial charge in [-0.15, -0.1) is 11.8 Å². The van der Waals surface area contributed by atoms with Gasteiger partial charge in [0.1, 0.15) is 0 Å². The number of nitrogens with zero attached hydrogens (tertiary/aromatic N) is 1. The van der Waals surface area contributed by atoms with Crippen LogP contribution in [0.2, 0.25) is 0 Å². The van der Waals surface area contributed by atoms with E-state index in [4.69, 9.17) is 4.74 Å². The number of benzene rings is 1. The van der Waals surface area contributed by atoms with Crippen molar-refractivity contribution in [2.45, 2.75) is 13.8 Å². The molecular weight excluding hydrogens is 296 g/mol. The second kappa shape index (κ2) is 8.25. The molecule has 0 radical (unpaired) electrons. The highest BCUT2D eigenvalue weighted by molar-refractivity contribution is 8.00. The molecule has 0 saturated carbocycles. The fourth-order valence-corrected chi connectivity index (χ4v) is 2.08. The summed E-state index contributed by atoms with van der Waals surface area (Å²) in [4.78, 5) is 33.0. The van der Waals surface area contributed by atoms with Crippen molar-refractivity contribution < 1.29 is 19.2 Å². The van der Waals surface area contributed by atoms with Crippen molar-refractivity contribution in [2.24, 2.45) is 0 Å². The molecule has 0 atom stereocenters. The summed E-state index contributed by atoms with van der Waals surface area (Å²) in [6.45, 7) is 3.75. The predicted octanol–water partition coefficient (Wildman–Crippen LogP) is 2.14. The van der Waals surface area contributed by atoms with E-state index in [0.29, 0.717) is 12.3 Å². The van der Waals surface area contributed by atoms with E-state index in [2.05, 4.69) is 5.32 Å². The smallest absolute Gasteiger partial charge is 0.315 e. The lowest BCUT2D eigenvalue weighted by atomic mass is 10.2. The zero-order valence-corrected chi connectivity index (χ0v) is 12.6. The molecule has 114 valence electrons. The molecule has 1 N–H and O–H groups in total. The van der Waals surface area contributed by atoms with Crippen molar-refractivity contribution in [3.8, 4) is 0 Å². The maximum atomic E-state index is 11.7. The summed E-state index contributed by atoms with van der Waals surface area (Å²) in [5.74, 6) is -0.537. The zero-order chi connectivity index (χ0) is 15.8. The van der Waals surface area contributed by atoms with Crippen molar-refractivity contribution in [1.29, 1.82) is 0 Å². The molecule has 7 nitrogen and oxygen atoms in total. The Morgan fingerprint density at radius 1 is 1.38 bits per heavy atom. The van der Waals surface area contributed by atoms with Crippen LogP contribution in [0.3, 0.4) is 0 Å². The van der Waals surface area contributed by atoms with Gasteiger partial charge in [0.05, 0.1) is 28.7 Å². The molecule has 0 aliphatic carbocycles. The zero-order valence-electron chi connectivity index (χ0n) is 11.8. The van der Waals surface area contributed by atoms with E-state index >= 15 is 0 Å². The highest BCUT2D eigenvalue weighted by Gasteiger charge is 2.11. The number of hydrogen-bond acceptors (Lipinski definition) is 6. The van der Waals surface area contributed by atoms with Gasteiger partial charge < -0.3 is 10.1 Å². The first-order valence-electron chi connectivity index (χ1n) is 6.22. The van der Waals surface area contributed by atoms with E-state index in [1.54, 1.807) is 19.9 Å². The summed E-state index contributed by atoms with van der Waals surface area (Å²) < 4.78 is 4.74. The van der Waals surface area contributed by atoms with Crippen molar-refractivity contribution >= 4 is 35.0 Å². The van der Waals surface area contributed by atoms with Crippen LogP contribution in [0.15, 0.2) is 18.2 Å². The number of thioether (sulfide) groups is 1. The summed E-state index contributed by atoms with van der Waals surface area (Å²) in [5.41, 5.74) is 1.03. The molecule has 0 aliphatic rings. The van der Waals surface area contributed by atoms with Gasteiger partial charge in [-0.1, -0.05) is 6.07 Å². The number of anilines is 1. The Bertz CT molecular complexity index is 547. The second-order valence-electron chi connectivity index (χ2n) is 4.10. The minimum atomic E-state index is -0.523. The van der Waals surface area contributed by atoms with Gasteiger partial charge >= 0.3 is 5.97 Å². The van der Waals surface area contributed by atoms with Crippen molar-refractivity contribution in [3.05, 3.63) is 33.9 Å². The summed E-state index contributed by atoms with van der Waals surface area (Å²) in [6, 6.07) is 4.25. The Hall–Kier alpha value is -2.09. The van der Waals surface area contributed by atoms with Crippen LogP contribution in [0.5, 0.6) is 0 Å². The quantitative estimate of drug-likeness (QED) is 0.470. The van der Waals surface area contributed by atoms with Crippen LogP contribution < -0.4 is 5.32 Å². The predicted molar refractivity (Wildman–Crippen MR) is 80.4 cm³/mol. The minimum absolute atomic E-state index is 0.0704. The molecule has 1 aromatic rings. The van der Waals surface area contributed by atoms with Crippen molar-refractivity contribution in [2.75, 3.05) is 23.4 Å². The molecule has 1 aromatic carbocycles. The number of carbonyl (C=O) groups excluding carboxylic acids is 2. The molecule has 1 rings (SSSR count). The Balaban J connectivity index is 2.53. The SMILES string of the molecule is CCOC(=O)CSCC(=O)Nc1cc([N+](=O)[O-])ccc1C. The molecular formula is C13H16N2O5S. The molecule has 0 heterocycles. The number of nitrogens with one attached hydrogen (secondary N) is 1. The Morgan fingerprint density at radius 3 is 2.71 bits per heavy atom. The van der Waals surface area contributed by atoms with Gasteiger partial charge in [0.15, 0.2) is 0 Å². The highest BCUT2D eigenvalue weighted by Crippen LogP contribution is 2.22. The fraction of sp³-hybridized carbons (Fsp3) is 0.385. The number of ether oxygens (including phenoxy) is 1. The Labute approximate surface area is 126 Å². The fourth-order valence-electron chi connectivity index (χ4n) is 1.47. The summed E-state index contributed by atoms with van der Waals surface area (Å²) >= 11 is 1.12. The first-order chi connectivity index (χ1) is 9.93. The third-order valence-electron chi connectivity index (χ3n) is 2.46. The third-order valence-corrected chi connectivity index (χ3v) is 3.37. The topological polar surface area (TPSA) is 98.5 Å².